The normalized spacial score (nSPS) is 10.8. The van der Waals surface area contributed by atoms with Crippen LogP contribution in [0.4, 0.5) is 5.69 Å². The molecule has 0 spiro atoms. The number of rotatable bonds is 5. The summed E-state index contributed by atoms with van der Waals surface area (Å²) >= 11 is 13.3. The van der Waals surface area contributed by atoms with Gasteiger partial charge in [0.1, 0.15) is 0 Å². The predicted molar refractivity (Wildman–Crippen MR) is 107 cm³/mol. The molecule has 0 aliphatic rings. The number of halogens is 2. The summed E-state index contributed by atoms with van der Waals surface area (Å²) in [5.74, 6) is 0.810. The Morgan fingerprint density at radius 2 is 1.88 bits per heavy atom. The zero-order valence-electron chi connectivity index (χ0n) is 14.2. The van der Waals surface area contributed by atoms with Crippen LogP contribution in [0.3, 0.4) is 0 Å². The van der Waals surface area contributed by atoms with E-state index in [0.29, 0.717) is 20.9 Å². The van der Waals surface area contributed by atoms with Crippen molar-refractivity contribution in [2.45, 2.75) is 12.1 Å². The second kappa shape index (κ2) is 8.12. The van der Waals surface area contributed by atoms with Gasteiger partial charge in [-0.05, 0) is 48.9 Å². The highest BCUT2D eigenvalue weighted by Crippen LogP contribution is 2.25. The second-order valence-electron chi connectivity index (χ2n) is 5.62. The monoisotopic (exact) mass is 406 g/mol. The summed E-state index contributed by atoms with van der Waals surface area (Å²) in [6.07, 6.45) is 0. The lowest BCUT2D eigenvalue weighted by molar-refractivity contribution is -0.113. The third-order valence-corrected chi connectivity index (χ3v) is 5.49. The average molecular weight is 407 g/mol. The second-order valence-corrected chi connectivity index (χ2v) is 7.41. The van der Waals surface area contributed by atoms with Crippen LogP contribution in [-0.4, -0.2) is 26.4 Å². The molecule has 1 amide bonds. The number of thioether (sulfide) groups is 1. The van der Waals surface area contributed by atoms with Crippen LogP contribution in [0.1, 0.15) is 5.56 Å². The molecular formula is C18H16Cl2N4OS. The number of benzene rings is 2. The Balaban J connectivity index is 1.66. The molecule has 0 bridgehead atoms. The Kier molecular flexibility index (Phi) is 5.86. The van der Waals surface area contributed by atoms with Crippen LogP contribution in [0, 0.1) is 6.92 Å². The van der Waals surface area contributed by atoms with Gasteiger partial charge in [0.25, 0.3) is 0 Å². The molecule has 26 heavy (non-hydrogen) atoms. The topological polar surface area (TPSA) is 59.8 Å². The first-order chi connectivity index (χ1) is 12.5. The van der Waals surface area contributed by atoms with E-state index in [4.69, 9.17) is 23.2 Å². The lowest BCUT2D eigenvalue weighted by Crippen LogP contribution is -2.15. The van der Waals surface area contributed by atoms with E-state index in [2.05, 4.69) is 15.5 Å². The number of nitrogens with one attached hydrogen (secondary N) is 1. The van der Waals surface area contributed by atoms with E-state index in [1.807, 2.05) is 36.7 Å². The summed E-state index contributed by atoms with van der Waals surface area (Å²) < 4.78 is 1.85. The first-order valence-electron chi connectivity index (χ1n) is 7.79. The molecule has 1 N–H and O–H groups in total. The quantitative estimate of drug-likeness (QED) is 0.616. The van der Waals surface area contributed by atoms with Crippen molar-refractivity contribution in [3.05, 3.63) is 58.1 Å². The lowest BCUT2D eigenvalue weighted by Gasteiger charge is -2.09. The van der Waals surface area contributed by atoms with Gasteiger partial charge in [-0.15, -0.1) is 10.2 Å². The first kappa shape index (κ1) is 18.8. The predicted octanol–water partition coefficient (Wildman–Crippen LogP) is 4.83. The Morgan fingerprint density at radius 3 is 2.62 bits per heavy atom. The highest BCUT2D eigenvalue weighted by Gasteiger charge is 2.13. The minimum atomic E-state index is -0.128. The molecule has 0 aliphatic carbocycles. The molecule has 134 valence electrons. The van der Waals surface area contributed by atoms with Gasteiger partial charge in [0.2, 0.25) is 5.91 Å². The zero-order chi connectivity index (χ0) is 18.7. The maximum Gasteiger partial charge on any atom is 0.234 e. The van der Waals surface area contributed by atoms with Crippen LogP contribution >= 0.6 is 35.0 Å². The lowest BCUT2D eigenvalue weighted by atomic mass is 10.2. The number of aromatic nitrogens is 3. The molecule has 0 radical (unpaired) electrons. The van der Waals surface area contributed by atoms with Crippen molar-refractivity contribution in [3.8, 4) is 11.4 Å². The van der Waals surface area contributed by atoms with Crippen molar-refractivity contribution in [1.29, 1.82) is 0 Å². The van der Waals surface area contributed by atoms with Crippen LogP contribution in [0.25, 0.3) is 11.4 Å². The third-order valence-electron chi connectivity index (χ3n) is 3.81. The Bertz CT molecular complexity index is 941. The number of amides is 1. The molecule has 3 aromatic rings. The van der Waals surface area contributed by atoms with Crippen LogP contribution in [0.15, 0.2) is 47.6 Å². The van der Waals surface area contributed by atoms with Gasteiger partial charge in [0.15, 0.2) is 11.0 Å². The fraction of sp³-hybridized carbons (Fsp3) is 0.167. The summed E-state index contributed by atoms with van der Waals surface area (Å²) in [4.78, 5) is 12.2. The molecule has 8 heteroatoms. The summed E-state index contributed by atoms with van der Waals surface area (Å²) in [5, 5.41) is 13.2. The minimum Gasteiger partial charge on any atom is -0.325 e. The van der Waals surface area contributed by atoms with Crippen molar-refractivity contribution in [2.75, 3.05) is 11.1 Å². The van der Waals surface area contributed by atoms with Gasteiger partial charge in [-0.1, -0.05) is 41.0 Å². The van der Waals surface area contributed by atoms with E-state index in [1.165, 1.54) is 11.8 Å². The molecule has 3 rings (SSSR count). The highest BCUT2D eigenvalue weighted by molar-refractivity contribution is 7.99. The number of carbonyl (C=O) groups is 1. The molecule has 0 aliphatic heterocycles. The Morgan fingerprint density at radius 1 is 1.15 bits per heavy atom. The largest absolute Gasteiger partial charge is 0.325 e. The average Bonchev–Trinajstić information content (AvgIpc) is 2.99. The van der Waals surface area contributed by atoms with Crippen molar-refractivity contribution in [2.24, 2.45) is 7.05 Å². The smallest absolute Gasteiger partial charge is 0.234 e. The van der Waals surface area contributed by atoms with Gasteiger partial charge in [-0.25, -0.2) is 0 Å². The molecule has 1 heterocycles. The summed E-state index contributed by atoms with van der Waals surface area (Å²) in [6, 6.07) is 12.8. The third kappa shape index (κ3) is 4.20. The summed E-state index contributed by atoms with van der Waals surface area (Å²) in [6.45, 7) is 1.87. The highest BCUT2D eigenvalue weighted by atomic mass is 35.5. The maximum absolute atomic E-state index is 12.2. The first-order valence-corrected chi connectivity index (χ1v) is 9.53. The number of carbonyl (C=O) groups excluding carboxylic acids is 1. The van der Waals surface area contributed by atoms with E-state index in [9.17, 15) is 4.79 Å². The van der Waals surface area contributed by atoms with E-state index in [1.54, 1.807) is 24.3 Å². The maximum atomic E-state index is 12.2. The van der Waals surface area contributed by atoms with Crippen LogP contribution in [0.5, 0.6) is 0 Å². The van der Waals surface area contributed by atoms with Crippen molar-refractivity contribution in [1.82, 2.24) is 14.8 Å². The molecule has 0 atom stereocenters. The summed E-state index contributed by atoms with van der Waals surface area (Å²) in [5.41, 5.74) is 2.47. The number of hydrogen-bond acceptors (Lipinski definition) is 4. The molecule has 1 aromatic heterocycles. The molecule has 0 fully saturated rings. The van der Waals surface area contributed by atoms with Crippen LogP contribution in [0.2, 0.25) is 10.0 Å². The number of anilines is 1. The zero-order valence-corrected chi connectivity index (χ0v) is 16.5. The molecule has 0 saturated heterocycles. The minimum absolute atomic E-state index is 0.128. The van der Waals surface area contributed by atoms with Crippen LogP contribution in [-0.2, 0) is 11.8 Å². The van der Waals surface area contributed by atoms with E-state index >= 15 is 0 Å². The molecule has 0 saturated carbocycles. The van der Waals surface area contributed by atoms with Gasteiger partial charge in [0.05, 0.1) is 5.75 Å². The molecule has 2 aromatic carbocycles. The van der Waals surface area contributed by atoms with Gasteiger partial charge < -0.3 is 9.88 Å². The summed E-state index contributed by atoms with van der Waals surface area (Å²) in [7, 11) is 1.87. The van der Waals surface area contributed by atoms with Crippen molar-refractivity contribution < 1.29 is 4.79 Å². The van der Waals surface area contributed by atoms with E-state index in [-0.39, 0.29) is 11.7 Å². The molecule has 5 nitrogen and oxygen atoms in total. The van der Waals surface area contributed by atoms with E-state index < -0.39 is 0 Å². The fourth-order valence-corrected chi connectivity index (χ4v) is 3.36. The Labute approximate surface area is 165 Å². The molecule has 0 unspecified atom stereocenters. The van der Waals surface area contributed by atoms with Crippen molar-refractivity contribution in [3.63, 3.8) is 0 Å². The van der Waals surface area contributed by atoms with E-state index in [0.717, 1.165) is 17.0 Å². The van der Waals surface area contributed by atoms with Gasteiger partial charge in [-0.2, -0.15) is 0 Å². The van der Waals surface area contributed by atoms with Crippen molar-refractivity contribution >= 4 is 46.6 Å². The van der Waals surface area contributed by atoms with Gasteiger partial charge in [-0.3, -0.25) is 4.79 Å². The van der Waals surface area contributed by atoms with Gasteiger partial charge >= 0.3 is 0 Å². The number of nitrogens with zero attached hydrogens (tertiary/aromatic N) is 3. The fourth-order valence-electron chi connectivity index (χ4n) is 2.35. The van der Waals surface area contributed by atoms with Gasteiger partial charge in [0, 0.05) is 28.3 Å². The Hall–Kier alpha value is -2.02. The van der Waals surface area contributed by atoms with Crippen LogP contribution < -0.4 is 5.32 Å². The molecular weight excluding hydrogens is 391 g/mol. The number of hydrogen-bond donors (Lipinski definition) is 1. The standard InChI is InChI=1S/C18H16Cl2N4OS/c1-11-14(20)4-3-5-15(11)21-16(25)10-26-18-23-22-17(24(18)2)12-6-8-13(19)9-7-12/h3-9H,10H2,1-2H3,(H,21,25). The SMILES string of the molecule is Cc1c(Cl)cccc1NC(=O)CSc1nnc(-c2ccc(Cl)cc2)n1C.